The third-order valence-electron chi connectivity index (χ3n) is 5.49. The molecule has 1 saturated heterocycles. The molecule has 0 aromatic heterocycles. The molecule has 2 fully saturated rings. The van der Waals surface area contributed by atoms with E-state index >= 15 is 0 Å². The topological polar surface area (TPSA) is 43.4 Å². The Kier molecular flexibility index (Phi) is 5.41. The lowest BCUT2D eigenvalue weighted by Gasteiger charge is -2.32. The number of alkyl halides is 3. The van der Waals surface area contributed by atoms with Crippen LogP contribution in [0.4, 0.5) is 13.2 Å². The SMILES string of the molecule is CCCC[C@@](C)(CCC(=O)C1C(=O)OC2CCCC21)C(F)(F)F. The number of ketones is 1. The number of ether oxygens (including phenoxy) is 1. The molecule has 1 aliphatic carbocycles. The highest BCUT2D eigenvalue weighted by Gasteiger charge is 2.53. The van der Waals surface area contributed by atoms with Crippen molar-refractivity contribution in [2.24, 2.45) is 17.3 Å². The van der Waals surface area contributed by atoms with E-state index in [1.807, 2.05) is 6.92 Å². The van der Waals surface area contributed by atoms with Gasteiger partial charge < -0.3 is 4.74 Å². The number of Topliss-reactive ketones (excluding diaryl/α,β-unsaturated/α-hetero) is 1. The highest BCUT2D eigenvalue weighted by atomic mass is 19.4. The lowest BCUT2D eigenvalue weighted by Crippen LogP contribution is -2.36. The zero-order valence-electron chi connectivity index (χ0n) is 13.7. The minimum absolute atomic E-state index is 0.0153. The largest absolute Gasteiger partial charge is 0.461 e. The molecule has 0 aromatic rings. The predicted molar refractivity (Wildman–Crippen MR) is 78.6 cm³/mol. The van der Waals surface area contributed by atoms with Crippen LogP contribution >= 0.6 is 0 Å². The van der Waals surface area contributed by atoms with Gasteiger partial charge in [-0.15, -0.1) is 0 Å². The third kappa shape index (κ3) is 3.72. The molecular weight excluding hydrogens is 309 g/mol. The van der Waals surface area contributed by atoms with E-state index in [1.165, 1.54) is 6.92 Å². The summed E-state index contributed by atoms with van der Waals surface area (Å²) >= 11 is 0. The molecule has 3 nitrogen and oxygen atoms in total. The number of unbranched alkanes of at least 4 members (excludes halogenated alkanes) is 1. The summed E-state index contributed by atoms with van der Waals surface area (Å²) in [7, 11) is 0. The van der Waals surface area contributed by atoms with Crippen LogP contribution in [0.1, 0.15) is 65.2 Å². The third-order valence-corrected chi connectivity index (χ3v) is 5.49. The van der Waals surface area contributed by atoms with Crippen LogP contribution in [0.3, 0.4) is 0 Å². The molecule has 4 atom stereocenters. The zero-order chi connectivity index (χ0) is 17.3. The second-order valence-electron chi connectivity index (χ2n) is 7.18. The number of hydrogen-bond donors (Lipinski definition) is 0. The summed E-state index contributed by atoms with van der Waals surface area (Å²) in [5.74, 6) is -1.88. The molecule has 1 aliphatic heterocycles. The zero-order valence-corrected chi connectivity index (χ0v) is 13.7. The van der Waals surface area contributed by atoms with E-state index in [4.69, 9.17) is 4.74 Å². The quantitative estimate of drug-likeness (QED) is 0.511. The van der Waals surface area contributed by atoms with E-state index in [0.717, 1.165) is 19.3 Å². The molecule has 0 N–H and O–H groups in total. The maximum atomic E-state index is 13.3. The van der Waals surface area contributed by atoms with Gasteiger partial charge in [-0.1, -0.05) is 26.7 Å². The van der Waals surface area contributed by atoms with Gasteiger partial charge in [0.05, 0.1) is 5.41 Å². The number of halogens is 3. The monoisotopic (exact) mass is 334 g/mol. The highest BCUT2D eigenvalue weighted by molar-refractivity contribution is 6.00. The van der Waals surface area contributed by atoms with Crippen LogP contribution in [0.15, 0.2) is 0 Å². The minimum atomic E-state index is -4.34. The minimum Gasteiger partial charge on any atom is -0.461 e. The normalized spacial score (nSPS) is 30.0. The van der Waals surface area contributed by atoms with E-state index in [2.05, 4.69) is 0 Å². The standard InChI is InChI=1S/C17H25F3O3/c1-3-4-9-16(2,17(18,19)20)10-8-12(21)14-11-6-5-7-13(11)23-15(14)22/h11,13-14H,3-10H2,1-2H3/t11?,13?,14?,16-/m0/s1. The maximum absolute atomic E-state index is 13.3. The maximum Gasteiger partial charge on any atom is 0.394 e. The lowest BCUT2D eigenvalue weighted by atomic mass is 9.77. The first-order valence-electron chi connectivity index (χ1n) is 8.49. The Morgan fingerprint density at radius 2 is 1.96 bits per heavy atom. The number of hydrogen-bond acceptors (Lipinski definition) is 3. The van der Waals surface area contributed by atoms with E-state index in [9.17, 15) is 22.8 Å². The molecule has 23 heavy (non-hydrogen) atoms. The number of carbonyl (C=O) groups is 2. The summed E-state index contributed by atoms with van der Waals surface area (Å²) in [4.78, 5) is 24.2. The Balaban J connectivity index is 2.00. The first-order valence-corrected chi connectivity index (χ1v) is 8.49. The lowest BCUT2D eigenvalue weighted by molar-refractivity contribution is -0.223. The Bertz CT molecular complexity index is 460. The van der Waals surface area contributed by atoms with Gasteiger partial charge in [-0.25, -0.2) is 0 Å². The highest BCUT2D eigenvalue weighted by Crippen LogP contribution is 2.47. The number of rotatable bonds is 7. The van der Waals surface area contributed by atoms with E-state index in [1.54, 1.807) is 0 Å². The molecule has 1 saturated carbocycles. The molecule has 1 heterocycles. The fourth-order valence-electron chi connectivity index (χ4n) is 3.78. The number of esters is 1. The van der Waals surface area contributed by atoms with Crippen molar-refractivity contribution in [3.05, 3.63) is 0 Å². The van der Waals surface area contributed by atoms with Crippen LogP contribution in [0.2, 0.25) is 0 Å². The van der Waals surface area contributed by atoms with Crippen molar-refractivity contribution in [1.29, 1.82) is 0 Å². The van der Waals surface area contributed by atoms with Crippen LogP contribution in [-0.2, 0) is 14.3 Å². The van der Waals surface area contributed by atoms with E-state index in [-0.39, 0.29) is 37.1 Å². The summed E-state index contributed by atoms with van der Waals surface area (Å²) in [6, 6.07) is 0. The second kappa shape index (κ2) is 6.81. The van der Waals surface area contributed by atoms with Crippen molar-refractivity contribution < 1.29 is 27.5 Å². The Hall–Kier alpha value is -1.07. The van der Waals surface area contributed by atoms with E-state index in [0.29, 0.717) is 12.8 Å². The van der Waals surface area contributed by atoms with E-state index < -0.39 is 23.5 Å². The summed E-state index contributed by atoms with van der Waals surface area (Å²) < 4.78 is 45.2. The van der Waals surface area contributed by atoms with Crippen molar-refractivity contribution >= 4 is 11.8 Å². The molecule has 2 aliphatic rings. The molecular formula is C17H25F3O3. The summed E-state index contributed by atoms with van der Waals surface area (Å²) in [5, 5.41) is 0. The number of fused-ring (bicyclic) bond motifs is 1. The summed E-state index contributed by atoms with van der Waals surface area (Å²) in [6.07, 6.45) is -1.42. The molecule has 6 heteroatoms. The summed E-state index contributed by atoms with van der Waals surface area (Å²) in [6.45, 7) is 3.03. The molecule has 0 spiro atoms. The fraction of sp³-hybridized carbons (Fsp3) is 0.882. The van der Waals surface area contributed by atoms with Gasteiger partial charge >= 0.3 is 12.1 Å². The van der Waals surface area contributed by atoms with Crippen LogP contribution in [0.5, 0.6) is 0 Å². The molecule has 132 valence electrons. The average molecular weight is 334 g/mol. The van der Waals surface area contributed by atoms with Gasteiger partial charge in [-0.05, 0) is 32.1 Å². The first-order chi connectivity index (χ1) is 10.7. The molecule has 0 amide bonds. The molecule has 0 aromatic carbocycles. The van der Waals surface area contributed by atoms with Crippen molar-refractivity contribution in [3.8, 4) is 0 Å². The molecule has 0 radical (unpaired) electrons. The van der Waals surface area contributed by atoms with Crippen molar-refractivity contribution in [2.45, 2.75) is 77.5 Å². The Morgan fingerprint density at radius 1 is 1.26 bits per heavy atom. The van der Waals surface area contributed by atoms with Gasteiger partial charge in [0.25, 0.3) is 0 Å². The molecule has 3 unspecified atom stereocenters. The van der Waals surface area contributed by atoms with Gasteiger partial charge in [0.2, 0.25) is 0 Å². The second-order valence-corrected chi connectivity index (χ2v) is 7.18. The van der Waals surface area contributed by atoms with Crippen molar-refractivity contribution in [3.63, 3.8) is 0 Å². The van der Waals surface area contributed by atoms with Crippen LogP contribution in [0, 0.1) is 17.3 Å². The van der Waals surface area contributed by atoms with Crippen LogP contribution < -0.4 is 0 Å². The van der Waals surface area contributed by atoms with Gasteiger partial charge in [0.1, 0.15) is 17.8 Å². The summed E-state index contributed by atoms with van der Waals surface area (Å²) in [5.41, 5.74) is -1.86. The van der Waals surface area contributed by atoms with Gasteiger partial charge in [0, 0.05) is 12.3 Å². The van der Waals surface area contributed by atoms with Gasteiger partial charge in [0.15, 0.2) is 0 Å². The smallest absolute Gasteiger partial charge is 0.394 e. The van der Waals surface area contributed by atoms with Gasteiger partial charge in [-0.3, -0.25) is 9.59 Å². The Morgan fingerprint density at radius 3 is 2.57 bits per heavy atom. The fourth-order valence-corrected chi connectivity index (χ4v) is 3.78. The predicted octanol–water partition coefficient (Wildman–Crippen LogP) is 4.44. The number of carbonyl (C=O) groups excluding carboxylic acids is 2. The van der Waals surface area contributed by atoms with Crippen molar-refractivity contribution in [1.82, 2.24) is 0 Å². The molecule has 2 rings (SSSR count). The first kappa shape index (κ1) is 18.3. The van der Waals surface area contributed by atoms with Crippen LogP contribution in [-0.4, -0.2) is 24.0 Å². The Labute approximate surface area is 134 Å². The van der Waals surface area contributed by atoms with Crippen LogP contribution in [0.25, 0.3) is 0 Å². The average Bonchev–Trinajstić information content (AvgIpc) is 3.01. The van der Waals surface area contributed by atoms with Gasteiger partial charge in [-0.2, -0.15) is 13.2 Å². The van der Waals surface area contributed by atoms with Crippen molar-refractivity contribution in [2.75, 3.05) is 0 Å². The molecule has 0 bridgehead atoms.